The molecular weight excluding hydrogens is 409 g/mol. The number of rotatable bonds is 10. The molecule has 2 aromatic rings. The maximum Gasteiger partial charge on any atom is 0.165 e. The van der Waals surface area contributed by atoms with Crippen LogP contribution in [0.25, 0.3) is 0 Å². The van der Waals surface area contributed by atoms with E-state index in [9.17, 15) is 17.9 Å². The van der Waals surface area contributed by atoms with Gasteiger partial charge in [0.25, 0.3) is 0 Å². The average Bonchev–Trinajstić information content (AvgIpc) is 3.08. The van der Waals surface area contributed by atoms with Gasteiger partial charge < -0.3 is 14.6 Å². The van der Waals surface area contributed by atoms with E-state index in [2.05, 4.69) is 0 Å². The van der Waals surface area contributed by atoms with Crippen LogP contribution in [0, 0.1) is 5.82 Å². The van der Waals surface area contributed by atoms with Crippen molar-refractivity contribution in [3.05, 3.63) is 59.9 Å². The van der Waals surface area contributed by atoms with Gasteiger partial charge in [-0.1, -0.05) is 24.3 Å². The van der Waals surface area contributed by atoms with Crippen molar-refractivity contribution in [2.45, 2.75) is 32.0 Å². The lowest BCUT2D eigenvalue weighted by molar-refractivity contribution is 0.0513. The Morgan fingerprint density at radius 2 is 1.90 bits per heavy atom. The lowest BCUT2D eigenvalue weighted by Gasteiger charge is -2.30. The molecule has 1 heterocycles. The summed E-state index contributed by atoms with van der Waals surface area (Å²) in [4.78, 5) is 1.97. The quantitative estimate of drug-likeness (QED) is 0.616. The molecule has 1 saturated heterocycles. The number of sulfone groups is 1. The molecule has 1 aliphatic heterocycles. The fourth-order valence-corrected chi connectivity index (χ4v) is 5.33. The number of halogens is 1. The van der Waals surface area contributed by atoms with Gasteiger partial charge >= 0.3 is 0 Å². The fraction of sp³-hybridized carbons (Fsp3) is 0.455. The monoisotopic (exact) mass is 437 g/mol. The summed E-state index contributed by atoms with van der Waals surface area (Å²) in [5, 5.41) is 10.5. The molecule has 3 rings (SSSR count). The first-order valence-corrected chi connectivity index (χ1v) is 11.9. The van der Waals surface area contributed by atoms with Crippen molar-refractivity contribution >= 4 is 9.84 Å². The van der Waals surface area contributed by atoms with Gasteiger partial charge in [-0.05, 0) is 43.2 Å². The zero-order chi connectivity index (χ0) is 21.6. The summed E-state index contributed by atoms with van der Waals surface area (Å²) in [6.45, 7) is 3.13. The highest BCUT2D eigenvalue weighted by molar-refractivity contribution is 7.91. The van der Waals surface area contributed by atoms with Crippen molar-refractivity contribution in [1.82, 2.24) is 4.90 Å². The normalized spacial score (nSPS) is 19.0. The number of para-hydroxylation sites is 1. The van der Waals surface area contributed by atoms with Gasteiger partial charge in [-0.25, -0.2) is 12.8 Å². The van der Waals surface area contributed by atoms with E-state index in [-0.39, 0.29) is 36.4 Å². The molecule has 1 N–H and O–H groups in total. The molecule has 2 atom stereocenters. The molecule has 0 aliphatic carbocycles. The molecule has 164 valence electrons. The molecule has 30 heavy (non-hydrogen) atoms. The van der Waals surface area contributed by atoms with Gasteiger partial charge in [0.15, 0.2) is 21.4 Å². The standard InChI is InChI=1S/C22H28FNO5S/c1-2-28-20-9-7-17(8-10-20)13-24(18-11-12-30(26,27)16-18)14-19(25)15-29-22-6-4-3-5-21(22)23/h3-10,18-19,25H,2,11-16H2,1H3. The minimum absolute atomic E-state index is 0.0743. The summed E-state index contributed by atoms with van der Waals surface area (Å²) in [6, 6.07) is 13.5. The minimum Gasteiger partial charge on any atom is -0.494 e. The molecular formula is C22H28FNO5S. The Morgan fingerprint density at radius 1 is 1.17 bits per heavy atom. The molecule has 0 radical (unpaired) electrons. The first-order valence-electron chi connectivity index (χ1n) is 10.1. The van der Waals surface area contributed by atoms with Crippen LogP contribution in [0.5, 0.6) is 11.5 Å². The van der Waals surface area contributed by atoms with Gasteiger partial charge in [0.05, 0.1) is 18.1 Å². The van der Waals surface area contributed by atoms with Gasteiger partial charge in [0, 0.05) is 19.1 Å². The Hall–Kier alpha value is -2.16. The third-order valence-electron chi connectivity index (χ3n) is 5.06. The van der Waals surface area contributed by atoms with E-state index in [4.69, 9.17) is 9.47 Å². The highest BCUT2D eigenvalue weighted by atomic mass is 32.2. The Balaban J connectivity index is 1.65. The molecule has 8 heteroatoms. The van der Waals surface area contributed by atoms with E-state index in [0.717, 1.165) is 11.3 Å². The van der Waals surface area contributed by atoms with Crippen LogP contribution in [0.4, 0.5) is 4.39 Å². The Bertz CT molecular complexity index is 919. The van der Waals surface area contributed by atoms with Crippen molar-refractivity contribution in [2.24, 2.45) is 0 Å². The lowest BCUT2D eigenvalue weighted by Crippen LogP contribution is -2.42. The van der Waals surface area contributed by atoms with Gasteiger partial charge in [0.2, 0.25) is 0 Å². The molecule has 2 aromatic carbocycles. The zero-order valence-corrected chi connectivity index (χ0v) is 17.9. The molecule has 1 aliphatic rings. The highest BCUT2D eigenvalue weighted by Gasteiger charge is 2.33. The number of ether oxygens (including phenoxy) is 2. The van der Waals surface area contributed by atoms with Crippen molar-refractivity contribution < 1.29 is 27.4 Å². The molecule has 0 bridgehead atoms. The number of hydrogen-bond donors (Lipinski definition) is 1. The Labute approximate surface area is 177 Å². The summed E-state index contributed by atoms with van der Waals surface area (Å²) >= 11 is 0. The van der Waals surface area contributed by atoms with E-state index in [1.807, 2.05) is 36.1 Å². The van der Waals surface area contributed by atoms with Gasteiger partial charge in [-0.2, -0.15) is 0 Å². The van der Waals surface area contributed by atoms with Crippen molar-refractivity contribution in [3.63, 3.8) is 0 Å². The van der Waals surface area contributed by atoms with Crippen LogP contribution in [0.1, 0.15) is 18.9 Å². The zero-order valence-electron chi connectivity index (χ0n) is 17.0. The van der Waals surface area contributed by atoms with Gasteiger partial charge in [-0.15, -0.1) is 0 Å². The second-order valence-corrected chi connectivity index (χ2v) is 9.69. The average molecular weight is 438 g/mol. The molecule has 0 spiro atoms. The predicted molar refractivity (Wildman–Crippen MR) is 113 cm³/mol. The largest absolute Gasteiger partial charge is 0.494 e. The summed E-state index contributed by atoms with van der Waals surface area (Å²) in [5.41, 5.74) is 0.991. The SMILES string of the molecule is CCOc1ccc(CN(CC(O)COc2ccccc2F)C2CCS(=O)(=O)C2)cc1. The smallest absolute Gasteiger partial charge is 0.165 e. The topological polar surface area (TPSA) is 76.1 Å². The molecule has 0 saturated carbocycles. The van der Waals surface area contributed by atoms with E-state index >= 15 is 0 Å². The van der Waals surface area contributed by atoms with E-state index < -0.39 is 21.8 Å². The second kappa shape index (κ2) is 10.2. The summed E-state index contributed by atoms with van der Waals surface area (Å²) in [6.07, 6.45) is -0.365. The third-order valence-corrected chi connectivity index (χ3v) is 6.81. The van der Waals surface area contributed by atoms with Crippen LogP contribution in [0.3, 0.4) is 0 Å². The summed E-state index contributed by atoms with van der Waals surface area (Å²) in [7, 11) is -3.07. The van der Waals surface area contributed by atoms with Crippen LogP contribution in [0.15, 0.2) is 48.5 Å². The van der Waals surface area contributed by atoms with Crippen LogP contribution in [-0.4, -0.2) is 61.8 Å². The van der Waals surface area contributed by atoms with E-state index in [1.54, 1.807) is 12.1 Å². The van der Waals surface area contributed by atoms with Crippen molar-refractivity contribution in [3.8, 4) is 11.5 Å². The first kappa shape index (κ1) is 22.5. The minimum atomic E-state index is -3.07. The van der Waals surface area contributed by atoms with Crippen LogP contribution in [-0.2, 0) is 16.4 Å². The van der Waals surface area contributed by atoms with Crippen molar-refractivity contribution in [1.29, 1.82) is 0 Å². The van der Waals surface area contributed by atoms with E-state index in [0.29, 0.717) is 19.6 Å². The Morgan fingerprint density at radius 3 is 2.53 bits per heavy atom. The highest BCUT2D eigenvalue weighted by Crippen LogP contribution is 2.22. The lowest BCUT2D eigenvalue weighted by atomic mass is 10.1. The molecule has 6 nitrogen and oxygen atoms in total. The van der Waals surface area contributed by atoms with Gasteiger partial charge in [-0.3, -0.25) is 4.90 Å². The number of benzene rings is 2. The number of nitrogens with zero attached hydrogens (tertiary/aromatic N) is 1. The van der Waals surface area contributed by atoms with Gasteiger partial charge in [0.1, 0.15) is 18.5 Å². The number of aliphatic hydroxyl groups excluding tert-OH is 1. The molecule has 0 aromatic heterocycles. The third kappa shape index (κ3) is 6.42. The van der Waals surface area contributed by atoms with Crippen LogP contribution in [0.2, 0.25) is 0 Å². The van der Waals surface area contributed by atoms with Crippen molar-refractivity contribution in [2.75, 3.05) is 31.3 Å². The maximum atomic E-state index is 13.7. The summed E-state index contributed by atoms with van der Waals surface area (Å²) in [5.74, 6) is 0.593. The molecule has 0 amide bonds. The number of aliphatic hydroxyl groups is 1. The van der Waals surface area contributed by atoms with E-state index in [1.165, 1.54) is 12.1 Å². The molecule has 2 unspecified atom stereocenters. The number of hydrogen-bond acceptors (Lipinski definition) is 6. The van der Waals surface area contributed by atoms with Crippen LogP contribution < -0.4 is 9.47 Å². The Kier molecular flexibility index (Phi) is 7.69. The predicted octanol–water partition coefficient (Wildman–Crippen LogP) is 2.65. The first-order chi connectivity index (χ1) is 14.4. The maximum absolute atomic E-state index is 13.7. The molecule has 1 fully saturated rings. The van der Waals surface area contributed by atoms with Crippen LogP contribution >= 0.6 is 0 Å². The summed E-state index contributed by atoms with van der Waals surface area (Å²) < 4.78 is 48.5. The fourth-order valence-electron chi connectivity index (χ4n) is 3.57. The second-order valence-electron chi connectivity index (χ2n) is 7.46.